The molecule has 0 fully saturated rings. The Bertz CT molecular complexity index is 601. The lowest BCUT2D eigenvalue weighted by Gasteiger charge is -2.05. The van der Waals surface area contributed by atoms with E-state index in [1.54, 1.807) is 12.1 Å². The largest absolute Gasteiger partial charge is 0.368 e. The fourth-order valence-corrected chi connectivity index (χ4v) is 2.11. The summed E-state index contributed by atoms with van der Waals surface area (Å²) in [5, 5.41) is 10.1. The first-order valence-electron chi connectivity index (χ1n) is 5.41. The molecular weight excluding hydrogens is 286 g/mol. The third-order valence-electron chi connectivity index (χ3n) is 2.27. The van der Waals surface area contributed by atoms with Crippen molar-refractivity contribution < 1.29 is 4.79 Å². The zero-order valence-electron chi connectivity index (χ0n) is 10.1. The fraction of sp³-hybridized carbons (Fsp3) is 0.182. The summed E-state index contributed by atoms with van der Waals surface area (Å²) in [6, 6.07) is 5.36. The molecule has 0 aliphatic heterocycles. The minimum atomic E-state index is -0.159. The maximum atomic E-state index is 11.7. The topological polar surface area (TPSA) is 96.7 Å². The molecule has 0 spiro atoms. The normalized spacial score (nSPS) is 10.4. The summed E-state index contributed by atoms with van der Waals surface area (Å²) in [6.07, 6.45) is 0. The van der Waals surface area contributed by atoms with Crippen molar-refractivity contribution in [2.75, 3.05) is 16.8 Å². The second kappa shape index (κ2) is 5.94. The number of hydrogen-bond donors (Lipinski definition) is 3. The molecule has 8 heteroatoms. The predicted octanol–water partition coefficient (Wildman–Crippen LogP) is 2.08. The van der Waals surface area contributed by atoms with Crippen molar-refractivity contribution in [3.8, 4) is 0 Å². The van der Waals surface area contributed by atoms with Crippen LogP contribution in [0.1, 0.15) is 5.56 Å². The number of halogens is 1. The molecule has 1 amide bonds. The van der Waals surface area contributed by atoms with E-state index in [0.29, 0.717) is 15.9 Å². The Kier molecular flexibility index (Phi) is 4.28. The summed E-state index contributed by atoms with van der Waals surface area (Å²) < 4.78 is 0. The van der Waals surface area contributed by atoms with E-state index < -0.39 is 0 Å². The van der Waals surface area contributed by atoms with E-state index >= 15 is 0 Å². The molecule has 0 saturated heterocycles. The summed E-state index contributed by atoms with van der Waals surface area (Å²) in [6.45, 7) is 1.90. The molecule has 0 saturated carbocycles. The van der Waals surface area contributed by atoms with Crippen molar-refractivity contribution in [1.29, 1.82) is 0 Å². The van der Waals surface area contributed by atoms with Crippen LogP contribution >= 0.6 is 23.4 Å². The number of aryl methyl sites for hydroxylation is 1. The van der Waals surface area contributed by atoms with Crippen molar-refractivity contribution in [3.63, 3.8) is 0 Å². The van der Waals surface area contributed by atoms with Crippen LogP contribution in [0.2, 0.25) is 5.02 Å². The number of nitrogens with two attached hydrogens (primary N) is 1. The van der Waals surface area contributed by atoms with Crippen LogP contribution in [0.5, 0.6) is 0 Å². The average Bonchev–Trinajstić information content (AvgIpc) is 2.77. The highest BCUT2D eigenvalue weighted by atomic mass is 35.5. The molecule has 2 aromatic rings. The molecule has 1 aromatic heterocycles. The summed E-state index contributed by atoms with van der Waals surface area (Å²) in [5.74, 6) is 0.268. The van der Waals surface area contributed by atoms with Gasteiger partial charge >= 0.3 is 0 Å². The van der Waals surface area contributed by atoms with Crippen molar-refractivity contribution >= 4 is 40.9 Å². The molecule has 1 heterocycles. The molecule has 0 atom stereocenters. The number of carbonyl (C=O) groups is 1. The van der Waals surface area contributed by atoms with E-state index in [0.717, 1.165) is 5.56 Å². The van der Waals surface area contributed by atoms with E-state index in [9.17, 15) is 4.79 Å². The van der Waals surface area contributed by atoms with Crippen molar-refractivity contribution in [1.82, 2.24) is 15.2 Å². The summed E-state index contributed by atoms with van der Waals surface area (Å²) in [5.41, 5.74) is 7.01. The second-order valence-electron chi connectivity index (χ2n) is 3.80. The van der Waals surface area contributed by atoms with Crippen LogP contribution in [0.3, 0.4) is 0 Å². The maximum absolute atomic E-state index is 11.7. The Morgan fingerprint density at radius 3 is 3.00 bits per heavy atom. The van der Waals surface area contributed by atoms with Crippen molar-refractivity contribution in [3.05, 3.63) is 28.8 Å². The predicted molar refractivity (Wildman–Crippen MR) is 76.3 cm³/mol. The lowest BCUT2D eigenvalue weighted by atomic mass is 10.2. The van der Waals surface area contributed by atoms with E-state index in [-0.39, 0.29) is 17.6 Å². The summed E-state index contributed by atoms with van der Waals surface area (Å²) in [7, 11) is 0. The Morgan fingerprint density at radius 1 is 1.58 bits per heavy atom. The van der Waals surface area contributed by atoms with Gasteiger partial charge in [-0.3, -0.25) is 4.79 Å². The molecule has 0 radical (unpaired) electrons. The highest BCUT2D eigenvalue weighted by Crippen LogP contribution is 2.20. The number of nitrogens with zero attached hydrogens (tertiary/aromatic N) is 2. The second-order valence-corrected chi connectivity index (χ2v) is 5.15. The number of benzene rings is 1. The first-order valence-corrected chi connectivity index (χ1v) is 6.77. The highest BCUT2D eigenvalue weighted by Gasteiger charge is 2.07. The van der Waals surface area contributed by atoms with Gasteiger partial charge in [-0.25, -0.2) is 5.10 Å². The van der Waals surface area contributed by atoms with E-state index in [1.807, 2.05) is 13.0 Å². The molecular formula is C11H12ClN5OS. The number of anilines is 2. The quantitative estimate of drug-likeness (QED) is 0.751. The third kappa shape index (κ3) is 3.87. The number of thioether (sulfide) groups is 1. The Balaban J connectivity index is 1.88. The molecule has 100 valence electrons. The van der Waals surface area contributed by atoms with Gasteiger partial charge in [-0.2, -0.15) is 4.98 Å². The minimum Gasteiger partial charge on any atom is -0.368 e. The number of aromatic amines is 1. The van der Waals surface area contributed by atoms with Crippen molar-refractivity contribution in [2.24, 2.45) is 0 Å². The smallest absolute Gasteiger partial charge is 0.234 e. The van der Waals surface area contributed by atoms with E-state index in [1.165, 1.54) is 11.8 Å². The van der Waals surface area contributed by atoms with Crippen molar-refractivity contribution in [2.45, 2.75) is 12.1 Å². The van der Waals surface area contributed by atoms with Crippen LogP contribution in [0.25, 0.3) is 0 Å². The van der Waals surface area contributed by atoms with Crippen LogP contribution in [0, 0.1) is 6.92 Å². The molecule has 0 bridgehead atoms. The molecule has 6 nitrogen and oxygen atoms in total. The maximum Gasteiger partial charge on any atom is 0.234 e. The van der Waals surface area contributed by atoms with Gasteiger partial charge in [0.15, 0.2) is 0 Å². The molecule has 1 aromatic carbocycles. The number of H-pyrrole nitrogens is 1. The van der Waals surface area contributed by atoms with Crippen LogP contribution in [0.4, 0.5) is 11.6 Å². The SMILES string of the molecule is Cc1ccc(NC(=O)CSc2n[nH]c(N)n2)cc1Cl. The van der Waals surface area contributed by atoms with Gasteiger partial charge in [0, 0.05) is 10.7 Å². The number of rotatable bonds is 4. The van der Waals surface area contributed by atoms with Gasteiger partial charge in [-0.1, -0.05) is 29.4 Å². The van der Waals surface area contributed by atoms with E-state index in [2.05, 4.69) is 20.5 Å². The number of nitrogen functional groups attached to an aromatic ring is 1. The van der Waals surface area contributed by atoms with Crippen LogP contribution in [-0.2, 0) is 4.79 Å². The monoisotopic (exact) mass is 297 g/mol. The number of nitrogens with one attached hydrogen (secondary N) is 2. The first kappa shape index (κ1) is 13.7. The van der Waals surface area contributed by atoms with Gasteiger partial charge in [0.05, 0.1) is 5.75 Å². The number of aromatic nitrogens is 3. The van der Waals surface area contributed by atoms with Crippen LogP contribution in [0.15, 0.2) is 23.4 Å². The third-order valence-corrected chi connectivity index (χ3v) is 3.52. The summed E-state index contributed by atoms with van der Waals surface area (Å²) >= 11 is 7.18. The van der Waals surface area contributed by atoms with Gasteiger partial charge < -0.3 is 11.1 Å². The lowest BCUT2D eigenvalue weighted by molar-refractivity contribution is -0.113. The molecule has 0 unspecified atom stereocenters. The number of carbonyl (C=O) groups excluding carboxylic acids is 1. The zero-order valence-corrected chi connectivity index (χ0v) is 11.7. The Morgan fingerprint density at radius 2 is 2.37 bits per heavy atom. The fourth-order valence-electron chi connectivity index (χ4n) is 1.32. The van der Waals surface area contributed by atoms with Gasteiger partial charge in [0.2, 0.25) is 17.0 Å². The van der Waals surface area contributed by atoms with Crippen LogP contribution in [-0.4, -0.2) is 26.8 Å². The van der Waals surface area contributed by atoms with Gasteiger partial charge in [-0.05, 0) is 24.6 Å². The Hall–Kier alpha value is -1.73. The molecule has 2 rings (SSSR count). The van der Waals surface area contributed by atoms with Gasteiger partial charge in [0.25, 0.3) is 0 Å². The highest BCUT2D eigenvalue weighted by molar-refractivity contribution is 7.99. The molecule has 0 aliphatic carbocycles. The van der Waals surface area contributed by atoms with Gasteiger partial charge in [0.1, 0.15) is 0 Å². The average molecular weight is 298 g/mol. The number of hydrogen-bond acceptors (Lipinski definition) is 5. The van der Waals surface area contributed by atoms with E-state index in [4.69, 9.17) is 17.3 Å². The van der Waals surface area contributed by atoms with Crippen LogP contribution < -0.4 is 11.1 Å². The molecule has 19 heavy (non-hydrogen) atoms. The summed E-state index contributed by atoms with van der Waals surface area (Å²) in [4.78, 5) is 15.6. The lowest BCUT2D eigenvalue weighted by Crippen LogP contribution is -2.14. The minimum absolute atomic E-state index is 0.159. The zero-order chi connectivity index (χ0) is 13.8. The van der Waals surface area contributed by atoms with Gasteiger partial charge in [-0.15, -0.1) is 5.10 Å². The number of amides is 1. The molecule has 4 N–H and O–H groups in total. The Labute approximate surface area is 119 Å². The first-order chi connectivity index (χ1) is 9.04. The standard InChI is InChI=1S/C11H12ClN5OS/c1-6-2-3-7(4-8(6)12)14-9(18)5-19-11-15-10(13)16-17-11/h2-4H,5H2,1H3,(H,14,18)(H3,13,15,16,17). The molecule has 0 aliphatic rings.